The molecule has 0 radical (unpaired) electrons. The Morgan fingerprint density at radius 3 is 2.12 bits per heavy atom. The highest BCUT2D eigenvalue weighted by Crippen LogP contribution is 2.68. The molecule has 1 saturated heterocycles. The van der Waals surface area contributed by atoms with Gasteiger partial charge in [0.25, 0.3) is 0 Å². The van der Waals surface area contributed by atoms with Gasteiger partial charge in [-0.3, -0.25) is 14.4 Å². The van der Waals surface area contributed by atoms with E-state index in [2.05, 4.69) is 0 Å². The van der Waals surface area contributed by atoms with Gasteiger partial charge in [0.2, 0.25) is 0 Å². The molecule has 12 heteroatoms. The number of carbonyl (C=O) groups excluding carboxylic acids is 4. The number of carbonyl (C=O) groups is 4. The average Bonchev–Trinajstić information content (AvgIpc) is 3.06. The molecule has 9 atom stereocenters. The first-order valence-corrected chi connectivity index (χ1v) is 13.7. The Kier molecular flexibility index (Phi) is 8.33. The van der Waals surface area contributed by atoms with Crippen molar-refractivity contribution in [2.45, 2.75) is 95.3 Å². The van der Waals surface area contributed by atoms with Crippen LogP contribution < -0.4 is 0 Å². The predicted octanol–water partition coefficient (Wildman–Crippen LogP) is 1.08. The van der Waals surface area contributed by atoms with Crippen LogP contribution in [0.1, 0.15) is 53.5 Å². The molecule has 0 amide bonds. The number of benzene rings is 1. The van der Waals surface area contributed by atoms with Crippen molar-refractivity contribution in [3.05, 3.63) is 42.0 Å². The molecule has 2 bridgehead atoms. The van der Waals surface area contributed by atoms with E-state index in [0.29, 0.717) is 5.56 Å². The first kappa shape index (κ1) is 31.6. The molecule has 2 saturated carbocycles. The maximum Gasteiger partial charge on any atom is 0.331 e. The van der Waals surface area contributed by atoms with Crippen LogP contribution in [0.3, 0.4) is 0 Å². The fourth-order valence-electron chi connectivity index (χ4n) is 7.37. The summed E-state index contributed by atoms with van der Waals surface area (Å²) in [5.74, 6) is -4.47. The van der Waals surface area contributed by atoms with Crippen molar-refractivity contribution >= 4 is 30.0 Å². The van der Waals surface area contributed by atoms with Gasteiger partial charge in [0.1, 0.15) is 35.9 Å². The zero-order valence-corrected chi connectivity index (χ0v) is 24.4. The molecule has 1 spiro atoms. The van der Waals surface area contributed by atoms with Gasteiger partial charge in [-0.05, 0) is 32.4 Å². The smallest absolute Gasteiger partial charge is 0.331 e. The molecule has 1 aromatic carbocycles. The fraction of sp³-hybridized carbons (Fsp3) is 0.600. The normalized spacial score (nSPS) is 38.3. The van der Waals surface area contributed by atoms with Crippen LogP contribution >= 0.6 is 0 Å². The highest BCUT2D eigenvalue weighted by Gasteiger charge is 2.87. The quantitative estimate of drug-likeness (QED) is 0.234. The molecule has 12 nitrogen and oxygen atoms in total. The van der Waals surface area contributed by atoms with Crippen LogP contribution in [0.2, 0.25) is 0 Å². The second kappa shape index (κ2) is 11.1. The number of aliphatic hydroxyl groups is 3. The molecule has 3 aliphatic rings. The van der Waals surface area contributed by atoms with Gasteiger partial charge in [0, 0.05) is 39.2 Å². The van der Waals surface area contributed by atoms with E-state index in [1.165, 1.54) is 13.0 Å². The van der Waals surface area contributed by atoms with E-state index in [0.717, 1.165) is 26.8 Å². The molecule has 42 heavy (non-hydrogen) atoms. The van der Waals surface area contributed by atoms with Gasteiger partial charge in [-0.25, -0.2) is 4.79 Å². The maximum absolute atomic E-state index is 13.4. The van der Waals surface area contributed by atoms with Crippen molar-refractivity contribution in [1.29, 1.82) is 0 Å². The Balaban J connectivity index is 1.98. The minimum absolute atomic E-state index is 0.391. The van der Waals surface area contributed by atoms with E-state index in [1.54, 1.807) is 44.2 Å². The molecule has 1 aromatic rings. The summed E-state index contributed by atoms with van der Waals surface area (Å²) in [7, 11) is 0. The summed E-state index contributed by atoms with van der Waals surface area (Å²) in [5, 5.41) is 35.7. The Labute approximate surface area is 243 Å². The number of aliphatic hydroxyl groups excluding tert-OH is 2. The van der Waals surface area contributed by atoms with Crippen molar-refractivity contribution in [3.8, 4) is 0 Å². The standard InChI is InChI=1S/C30H38O12/c1-16(31)38-15-29-25(41-21(34)13-12-19-10-8-7-9-11-19)20(39-17(2)32)14-28(6,37)30(29)24(36)22(27(4,5)42-30)23(35)26(29)40-18(3)33/h7-13,20,22-26,35-37H,14-15H2,1-6H3/b13-12+/t20-,22+,23-,24+,25-,26+,28-,29-,30-/m0/s1. The van der Waals surface area contributed by atoms with Gasteiger partial charge in [-0.1, -0.05) is 30.3 Å². The first-order chi connectivity index (χ1) is 19.5. The van der Waals surface area contributed by atoms with Crippen LogP contribution in [0, 0.1) is 11.3 Å². The van der Waals surface area contributed by atoms with E-state index in [4.69, 9.17) is 23.7 Å². The third-order valence-corrected chi connectivity index (χ3v) is 8.68. The zero-order valence-electron chi connectivity index (χ0n) is 24.4. The van der Waals surface area contributed by atoms with Crippen LogP contribution in [-0.4, -0.2) is 93.1 Å². The molecular weight excluding hydrogens is 552 g/mol. The lowest BCUT2D eigenvalue weighted by molar-refractivity contribution is -0.363. The lowest BCUT2D eigenvalue weighted by atomic mass is 9.46. The van der Waals surface area contributed by atoms with Crippen LogP contribution in [0.4, 0.5) is 0 Å². The SMILES string of the molecule is CC(=O)OC[C@]12[C@H](OC(C)=O)[C@@H](O)[C@@H]3[C@@H](O)[C@]1(OC3(C)C)[C@@](C)(O)C[C@H](OC(C)=O)[C@@H]2OC(=O)/C=C/c1ccccc1. The summed E-state index contributed by atoms with van der Waals surface area (Å²) in [5.41, 5.74) is -7.05. The summed E-state index contributed by atoms with van der Waals surface area (Å²) in [6.07, 6.45) is -5.81. The van der Waals surface area contributed by atoms with Gasteiger partial charge >= 0.3 is 23.9 Å². The molecule has 1 aliphatic heterocycles. The Bertz CT molecular complexity index is 1260. The molecular formula is C30H38O12. The second-order valence-electron chi connectivity index (χ2n) is 12.0. The Morgan fingerprint density at radius 1 is 0.929 bits per heavy atom. The summed E-state index contributed by atoms with van der Waals surface area (Å²) in [6.45, 7) is 7.06. The third-order valence-electron chi connectivity index (χ3n) is 8.68. The van der Waals surface area contributed by atoms with Crippen molar-refractivity contribution in [2.24, 2.45) is 11.3 Å². The molecule has 4 rings (SSSR count). The van der Waals surface area contributed by atoms with E-state index in [9.17, 15) is 34.5 Å². The number of hydrogen-bond donors (Lipinski definition) is 3. The van der Waals surface area contributed by atoms with E-state index >= 15 is 0 Å². The minimum Gasteiger partial charge on any atom is -0.465 e. The Morgan fingerprint density at radius 2 is 1.55 bits per heavy atom. The van der Waals surface area contributed by atoms with Crippen LogP contribution in [-0.2, 0) is 42.9 Å². The molecule has 3 N–H and O–H groups in total. The summed E-state index contributed by atoms with van der Waals surface area (Å²) in [6, 6.07) is 8.84. The average molecular weight is 591 g/mol. The minimum atomic E-state index is -2.18. The number of hydrogen-bond acceptors (Lipinski definition) is 12. The van der Waals surface area contributed by atoms with Gasteiger partial charge in [-0.2, -0.15) is 0 Å². The zero-order chi connectivity index (χ0) is 31.3. The lowest BCUT2D eigenvalue weighted by Gasteiger charge is -2.66. The number of fused-ring (bicyclic) bond motifs is 1. The predicted molar refractivity (Wildman–Crippen MR) is 144 cm³/mol. The van der Waals surface area contributed by atoms with Gasteiger partial charge in [0.15, 0.2) is 6.10 Å². The molecule has 230 valence electrons. The molecule has 3 fully saturated rings. The first-order valence-electron chi connectivity index (χ1n) is 13.7. The monoisotopic (exact) mass is 590 g/mol. The van der Waals surface area contributed by atoms with Crippen molar-refractivity contribution in [1.82, 2.24) is 0 Å². The highest BCUT2D eigenvalue weighted by molar-refractivity contribution is 5.87. The molecule has 0 unspecified atom stereocenters. The number of esters is 4. The van der Waals surface area contributed by atoms with E-state index in [-0.39, 0.29) is 0 Å². The second-order valence-corrected chi connectivity index (χ2v) is 12.0. The summed E-state index contributed by atoms with van der Waals surface area (Å²) < 4.78 is 29.2. The fourth-order valence-corrected chi connectivity index (χ4v) is 7.37. The third kappa shape index (κ3) is 5.00. The highest BCUT2D eigenvalue weighted by atomic mass is 16.6. The van der Waals surface area contributed by atoms with Crippen molar-refractivity contribution in [2.75, 3.05) is 6.61 Å². The molecule has 0 aromatic heterocycles. The van der Waals surface area contributed by atoms with Crippen molar-refractivity contribution < 1.29 is 58.2 Å². The van der Waals surface area contributed by atoms with Gasteiger partial charge in [0.05, 0.1) is 17.3 Å². The maximum atomic E-state index is 13.4. The number of ether oxygens (including phenoxy) is 5. The van der Waals surface area contributed by atoms with Gasteiger partial charge in [-0.15, -0.1) is 0 Å². The Hall–Kier alpha value is -3.32. The molecule has 1 heterocycles. The van der Waals surface area contributed by atoms with E-state index < -0.39 is 95.6 Å². The largest absolute Gasteiger partial charge is 0.465 e. The van der Waals surface area contributed by atoms with Crippen LogP contribution in [0.5, 0.6) is 0 Å². The van der Waals surface area contributed by atoms with E-state index in [1.807, 2.05) is 0 Å². The van der Waals surface area contributed by atoms with Crippen LogP contribution in [0.15, 0.2) is 36.4 Å². The topological polar surface area (TPSA) is 175 Å². The van der Waals surface area contributed by atoms with Crippen molar-refractivity contribution in [3.63, 3.8) is 0 Å². The summed E-state index contributed by atoms with van der Waals surface area (Å²) >= 11 is 0. The lowest BCUT2D eigenvalue weighted by Crippen LogP contribution is -2.85. The summed E-state index contributed by atoms with van der Waals surface area (Å²) in [4.78, 5) is 50.4. The van der Waals surface area contributed by atoms with Gasteiger partial charge < -0.3 is 39.0 Å². The molecule has 2 aliphatic carbocycles. The number of rotatable bonds is 7. The van der Waals surface area contributed by atoms with Crippen LogP contribution in [0.25, 0.3) is 6.08 Å².